The molecule has 1 aliphatic rings. The minimum Gasteiger partial charge on any atom is -0.479 e. The predicted molar refractivity (Wildman–Crippen MR) is 84.7 cm³/mol. The Morgan fingerprint density at radius 2 is 2.10 bits per heavy atom. The highest BCUT2D eigenvalue weighted by molar-refractivity contribution is 6.32. The van der Waals surface area contributed by atoms with E-state index in [0.29, 0.717) is 29.4 Å². The summed E-state index contributed by atoms with van der Waals surface area (Å²) in [6, 6.07) is 6.33. The maximum atomic E-state index is 12.0. The van der Waals surface area contributed by atoms with E-state index in [0.717, 1.165) is 18.4 Å². The van der Waals surface area contributed by atoms with Crippen molar-refractivity contribution in [3.05, 3.63) is 28.8 Å². The third-order valence-corrected chi connectivity index (χ3v) is 3.63. The van der Waals surface area contributed by atoms with Gasteiger partial charge in [-0.05, 0) is 25.8 Å². The number of nitrogens with one attached hydrogen (secondary N) is 2. The Balaban J connectivity index is 2.04. The smallest absolute Gasteiger partial charge is 0.260 e. The van der Waals surface area contributed by atoms with Gasteiger partial charge in [0, 0.05) is 24.2 Å². The molecule has 1 atom stereocenters. The molecule has 0 bridgehead atoms. The zero-order chi connectivity index (χ0) is 15.4. The lowest BCUT2D eigenvalue weighted by Crippen LogP contribution is -2.37. The summed E-state index contributed by atoms with van der Waals surface area (Å²) in [7, 11) is 0. The minimum absolute atomic E-state index is 0.0832. The van der Waals surface area contributed by atoms with Gasteiger partial charge in [0.05, 0.1) is 5.02 Å². The maximum absolute atomic E-state index is 12.0. The molecular weight excluding hydrogens is 288 g/mol. The Kier molecular flexibility index (Phi) is 5.48. The SMILES string of the molecule is CC(C)NCc1cccc(Cl)c1OC(C)C(=O)NC1CC1. The summed E-state index contributed by atoms with van der Waals surface area (Å²) in [5, 5.41) is 6.81. The molecule has 116 valence electrons. The van der Waals surface area contributed by atoms with E-state index in [-0.39, 0.29) is 5.91 Å². The topological polar surface area (TPSA) is 50.4 Å². The van der Waals surface area contributed by atoms with E-state index >= 15 is 0 Å². The largest absolute Gasteiger partial charge is 0.479 e. The average molecular weight is 311 g/mol. The highest BCUT2D eigenvalue weighted by Crippen LogP contribution is 2.30. The molecule has 0 aliphatic heterocycles. The van der Waals surface area contributed by atoms with Gasteiger partial charge in [0.1, 0.15) is 5.75 Å². The number of hydrogen-bond donors (Lipinski definition) is 2. The van der Waals surface area contributed by atoms with Crippen LogP contribution >= 0.6 is 11.6 Å². The molecule has 2 rings (SSSR count). The number of para-hydroxylation sites is 1. The van der Waals surface area contributed by atoms with Crippen LogP contribution in [0.1, 0.15) is 39.2 Å². The normalized spacial score (nSPS) is 15.9. The Bertz CT molecular complexity index is 501. The van der Waals surface area contributed by atoms with Crippen molar-refractivity contribution in [1.82, 2.24) is 10.6 Å². The molecule has 1 aliphatic carbocycles. The summed E-state index contributed by atoms with van der Waals surface area (Å²) in [5.74, 6) is 0.506. The first kappa shape index (κ1) is 16.1. The quantitative estimate of drug-likeness (QED) is 0.814. The van der Waals surface area contributed by atoms with Gasteiger partial charge < -0.3 is 15.4 Å². The molecule has 1 amide bonds. The number of halogens is 1. The van der Waals surface area contributed by atoms with Gasteiger partial charge in [-0.15, -0.1) is 0 Å². The maximum Gasteiger partial charge on any atom is 0.260 e. The second-order valence-electron chi connectivity index (χ2n) is 5.81. The van der Waals surface area contributed by atoms with Crippen molar-refractivity contribution < 1.29 is 9.53 Å². The van der Waals surface area contributed by atoms with E-state index < -0.39 is 6.10 Å². The summed E-state index contributed by atoms with van der Waals surface area (Å²) in [6.45, 7) is 6.57. The molecule has 1 aromatic rings. The summed E-state index contributed by atoms with van der Waals surface area (Å²) in [4.78, 5) is 12.0. The van der Waals surface area contributed by atoms with Gasteiger partial charge in [0.2, 0.25) is 0 Å². The summed E-state index contributed by atoms with van der Waals surface area (Å²) < 4.78 is 5.82. The Morgan fingerprint density at radius 3 is 2.71 bits per heavy atom. The molecule has 4 nitrogen and oxygen atoms in total. The minimum atomic E-state index is -0.553. The van der Waals surface area contributed by atoms with E-state index in [1.54, 1.807) is 13.0 Å². The average Bonchev–Trinajstić information content (AvgIpc) is 3.23. The number of hydrogen-bond acceptors (Lipinski definition) is 3. The standard InChI is InChI=1S/C16H23ClN2O2/c1-10(2)18-9-12-5-4-6-14(17)15(12)21-11(3)16(20)19-13-7-8-13/h4-6,10-11,13,18H,7-9H2,1-3H3,(H,19,20). The number of carbonyl (C=O) groups is 1. The van der Waals surface area contributed by atoms with Crippen molar-refractivity contribution in [1.29, 1.82) is 0 Å². The number of benzene rings is 1. The van der Waals surface area contributed by atoms with Crippen LogP contribution in [0.3, 0.4) is 0 Å². The lowest BCUT2D eigenvalue weighted by atomic mass is 10.2. The molecule has 5 heteroatoms. The van der Waals surface area contributed by atoms with Gasteiger partial charge in [0.25, 0.3) is 5.91 Å². The van der Waals surface area contributed by atoms with E-state index in [4.69, 9.17) is 16.3 Å². The van der Waals surface area contributed by atoms with Crippen LogP contribution in [0.2, 0.25) is 5.02 Å². The summed E-state index contributed by atoms with van der Waals surface area (Å²) in [5.41, 5.74) is 0.960. The molecule has 0 radical (unpaired) electrons. The molecule has 2 N–H and O–H groups in total. The molecule has 0 saturated heterocycles. The van der Waals surface area contributed by atoms with Crippen LogP contribution in [0, 0.1) is 0 Å². The third-order valence-electron chi connectivity index (χ3n) is 3.34. The number of carbonyl (C=O) groups excluding carboxylic acids is 1. The van der Waals surface area contributed by atoms with Gasteiger partial charge in [-0.1, -0.05) is 37.6 Å². The Hall–Kier alpha value is -1.26. The second kappa shape index (κ2) is 7.14. The Labute approximate surface area is 131 Å². The van der Waals surface area contributed by atoms with Crippen LogP contribution in [-0.4, -0.2) is 24.1 Å². The summed E-state index contributed by atoms with van der Waals surface area (Å²) >= 11 is 6.23. The molecule has 1 aromatic carbocycles. The monoisotopic (exact) mass is 310 g/mol. The first-order valence-corrected chi connectivity index (χ1v) is 7.83. The zero-order valence-electron chi connectivity index (χ0n) is 12.8. The lowest BCUT2D eigenvalue weighted by Gasteiger charge is -2.19. The molecule has 21 heavy (non-hydrogen) atoms. The molecule has 0 spiro atoms. The summed E-state index contributed by atoms with van der Waals surface area (Å²) in [6.07, 6.45) is 1.57. The van der Waals surface area contributed by atoms with Crippen molar-refractivity contribution in [2.24, 2.45) is 0 Å². The number of ether oxygens (including phenoxy) is 1. The van der Waals surface area contributed by atoms with Crippen LogP contribution in [-0.2, 0) is 11.3 Å². The van der Waals surface area contributed by atoms with Gasteiger partial charge in [-0.25, -0.2) is 0 Å². The second-order valence-corrected chi connectivity index (χ2v) is 6.21. The van der Waals surface area contributed by atoms with Gasteiger partial charge in [0.15, 0.2) is 6.10 Å². The van der Waals surface area contributed by atoms with Gasteiger partial charge >= 0.3 is 0 Å². The van der Waals surface area contributed by atoms with Crippen molar-refractivity contribution in [2.75, 3.05) is 0 Å². The Morgan fingerprint density at radius 1 is 1.38 bits per heavy atom. The van der Waals surface area contributed by atoms with E-state index in [2.05, 4.69) is 24.5 Å². The predicted octanol–water partition coefficient (Wildman–Crippen LogP) is 2.88. The van der Waals surface area contributed by atoms with Crippen LogP contribution in [0.5, 0.6) is 5.75 Å². The lowest BCUT2D eigenvalue weighted by molar-refractivity contribution is -0.127. The van der Waals surface area contributed by atoms with Crippen LogP contribution in [0.25, 0.3) is 0 Å². The molecule has 0 heterocycles. The molecule has 1 saturated carbocycles. The van der Waals surface area contributed by atoms with Gasteiger partial charge in [-0.3, -0.25) is 4.79 Å². The van der Waals surface area contributed by atoms with E-state index in [1.807, 2.05) is 12.1 Å². The van der Waals surface area contributed by atoms with E-state index in [1.165, 1.54) is 0 Å². The fraction of sp³-hybridized carbons (Fsp3) is 0.562. The van der Waals surface area contributed by atoms with Crippen molar-refractivity contribution >= 4 is 17.5 Å². The molecular formula is C16H23ClN2O2. The first-order valence-electron chi connectivity index (χ1n) is 7.45. The van der Waals surface area contributed by atoms with Crippen LogP contribution in [0.15, 0.2) is 18.2 Å². The fourth-order valence-corrected chi connectivity index (χ4v) is 2.15. The van der Waals surface area contributed by atoms with Crippen LogP contribution in [0.4, 0.5) is 0 Å². The number of amides is 1. The third kappa shape index (κ3) is 4.90. The van der Waals surface area contributed by atoms with Crippen molar-refractivity contribution in [2.45, 2.75) is 58.3 Å². The fourth-order valence-electron chi connectivity index (χ4n) is 1.92. The van der Waals surface area contributed by atoms with E-state index in [9.17, 15) is 4.79 Å². The highest BCUT2D eigenvalue weighted by atomic mass is 35.5. The van der Waals surface area contributed by atoms with Crippen molar-refractivity contribution in [3.63, 3.8) is 0 Å². The van der Waals surface area contributed by atoms with Crippen LogP contribution < -0.4 is 15.4 Å². The van der Waals surface area contributed by atoms with Gasteiger partial charge in [-0.2, -0.15) is 0 Å². The zero-order valence-corrected chi connectivity index (χ0v) is 13.5. The first-order chi connectivity index (χ1) is 9.97. The molecule has 1 fully saturated rings. The highest BCUT2D eigenvalue weighted by Gasteiger charge is 2.27. The number of rotatable bonds is 7. The molecule has 1 unspecified atom stereocenters. The molecule has 0 aromatic heterocycles. The van der Waals surface area contributed by atoms with Crippen molar-refractivity contribution in [3.8, 4) is 5.75 Å².